The maximum absolute atomic E-state index is 15.0. The van der Waals surface area contributed by atoms with Gasteiger partial charge in [-0.3, -0.25) is 9.78 Å². The summed E-state index contributed by atoms with van der Waals surface area (Å²) >= 11 is 0. The van der Waals surface area contributed by atoms with Crippen molar-refractivity contribution in [2.24, 2.45) is 11.7 Å². The average molecular weight is 513 g/mol. The molecule has 1 aliphatic heterocycles. The molecule has 37 heavy (non-hydrogen) atoms. The third-order valence-corrected chi connectivity index (χ3v) is 7.09. The molecule has 4 N–H and O–H groups in total. The molecule has 3 atom stereocenters. The molecule has 0 unspecified atom stereocenters. The first-order valence-corrected chi connectivity index (χ1v) is 12.1. The van der Waals surface area contributed by atoms with Gasteiger partial charge in [0, 0.05) is 17.8 Å². The number of ether oxygens (including phenoxy) is 1. The summed E-state index contributed by atoms with van der Waals surface area (Å²) in [5.74, 6) is -2.80. The van der Waals surface area contributed by atoms with Gasteiger partial charge in [0.05, 0.1) is 30.7 Å². The second kappa shape index (κ2) is 9.75. The number of carbonyl (C=O) groups is 1. The smallest absolute Gasteiger partial charge is 0.274 e. The molecule has 1 aromatic carbocycles. The van der Waals surface area contributed by atoms with E-state index in [4.69, 9.17) is 10.5 Å². The Morgan fingerprint density at radius 3 is 2.62 bits per heavy atom. The first-order valence-electron chi connectivity index (χ1n) is 12.1. The topological polar surface area (TPSA) is 110 Å². The molecule has 5 rings (SSSR count). The molecule has 194 valence electrons. The van der Waals surface area contributed by atoms with Crippen molar-refractivity contribution in [2.45, 2.75) is 43.8 Å². The number of carbonyl (C=O) groups excluding carboxylic acids is 1. The van der Waals surface area contributed by atoms with E-state index < -0.39 is 40.2 Å². The summed E-state index contributed by atoms with van der Waals surface area (Å²) in [6, 6.07) is 5.93. The monoisotopic (exact) mass is 512 g/mol. The van der Waals surface area contributed by atoms with Gasteiger partial charge in [0.25, 0.3) is 5.91 Å². The molecular weight excluding hydrogens is 485 g/mol. The highest BCUT2D eigenvalue weighted by atomic mass is 19.1. The van der Waals surface area contributed by atoms with Crippen LogP contribution in [0.5, 0.6) is 5.75 Å². The number of nitrogens with one attached hydrogen (secondary N) is 1. The molecule has 0 spiro atoms. The Morgan fingerprint density at radius 1 is 1.16 bits per heavy atom. The molecule has 3 aromatic rings. The molecular formula is C27H27F3N4O3. The summed E-state index contributed by atoms with van der Waals surface area (Å²) in [6.45, 7) is 1.61. The van der Waals surface area contributed by atoms with E-state index in [9.17, 15) is 23.1 Å². The van der Waals surface area contributed by atoms with Gasteiger partial charge >= 0.3 is 0 Å². The average Bonchev–Trinajstić information content (AvgIpc) is 2.82. The third-order valence-electron chi connectivity index (χ3n) is 7.09. The number of phenols is 1. The van der Waals surface area contributed by atoms with Gasteiger partial charge in [-0.1, -0.05) is 6.92 Å². The molecule has 1 saturated heterocycles. The van der Waals surface area contributed by atoms with Crippen LogP contribution in [0, 0.1) is 17.6 Å². The van der Waals surface area contributed by atoms with Gasteiger partial charge in [-0.2, -0.15) is 0 Å². The fourth-order valence-electron chi connectivity index (χ4n) is 5.24. The lowest BCUT2D eigenvalue weighted by Gasteiger charge is -2.34. The molecule has 7 nitrogen and oxygen atoms in total. The Kier molecular flexibility index (Phi) is 6.63. The molecule has 0 bridgehead atoms. The quantitative estimate of drug-likeness (QED) is 0.453. The maximum atomic E-state index is 15.0. The Morgan fingerprint density at radius 2 is 1.95 bits per heavy atom. The van der Waals surface area contributed by atoms with Crippen LogP contribution in [0.1, 0.15) is 53.7 Å². The number of phenolic OH excluding ortho intramolecular Hbond substituents is 1. The van der Waals surface area contributed by atoms with Gasteiger partial charge < -0.3 is 20.9 Å². The minimum absolute atomic E-state index is 0.0600. The van der Waals surface area contributed by atoms with Crippen LogP contribution >= 0.6 is 0 Å². The summed E-state index contributed by atoms with van der Waals surface area (Å²) in [7, 11) is 0. The summed E-state index contributed by atoms with van der Waals surface area (Å²) in [5.41, 5.74) is 4.24. The maximum Gasteiger partial charge on any atom is 0.274 e. The Bertz CT molecular complexity index is 1320. The van der Waals surface area contributed by atoms with Crippen molar-refractivity contribution in [1.82, 2.24) is 9.97 Å². The number of pyridine rings is 2. The molecule has 0 radical (unpaired) electrons. The molecule has 1 saturated carbocycles. The zero-order valence-corrected chi connectivity index (χ0v) is 20.2. The molecule has 2 aromatic heterocycles. The number of anilines is 1. The summed E-state index contributed by atoms with van der Waals surface area (Å²) in [6.07, 6.45) is 5.81. The van der Waals surface area contributed by atoms with Crippen molar-refractivity contribution in [3.63, 3.8) is 0 Å². The molecule has 1 amide bonds. The van der Waals surface area contributed by atoms with Crippen molar-refractivity contribution in [2.75, 3.05) is 18.5 Å². The Balaban J connectivity index is 1.44. The second-order valence-corrected chi connectivity index (χ2v) is 10.0. The minimum Gasteiger partial charge on any atom is -0.507 e. The fraction of sp³-hybridized carbons (Fsp3) is 0.370. The van der Waals surface area contributed by atoms with Crippen LogP contribution in [-0.4, -0.2) is 40.2 Å². The Hall–Kier alpha value is -3.50. The minimum atomic E-state index is -1.92. The highest BCUT2D eigenvalue weighted by molar-refractivity contribution is 6.03. The zero-order valence-electron chi connectivity index (χ0n) is 20.2. The number of alkyl halides is 1. The first kappa shape index (κ1) is 25.2. The standard InChI is InChI=1S/C27H27F3N4O3/c1-14-6-15(8-17(31)7-14)18-4-5-32-11-22(18)34-26(36)21-3-2-19(28)25(33-21)24-20(29)9-16(10-23(24)35)27(30)12-37-13-27/h2-5,9-11,14-15,17,35H,6-8,12-13,31H2,1H3,(H,34,36)/t14-,15+,17-/m0/s1. The molecule has 2 aliphatic rings. The highest BCUT2D eigenvalue weighted by Crippen LogP contribution is 2.41. The normalized spacial score (nSPS) is 22.8. The van der Waals surface area contributed by atoms with Crippen LogP contribution in [0.2, 0.25) is 0 Å². The van der Waals surface area contributed by atoms with Crippen LogP contribution in [0.3, 0.4) is 0 Å². The van der Waals surface area contributed by atoms with E-state index in [1.807, 2.05) is 6.07 Å². The predicted molar refractivity (Wildman–Crippen MR) is 131 cm³/mol. The van der Waals surface area contributed by atoms with E-state index >= 15 is 0 Å². The van der Waals surface area contributed by atoms with Gasteiger partial charge in [0.15, 0.2) is 5.67 Å². The SMILES string of the molecule is C[C@@H]1C[C@H](N)C[C@H](c2ccncc2NC(=O)c2ccc(F)c(-c3c(O)cc(C4(F)COC4)cc3F)n2)C1. The second-order valence-electron chi connectivity index (χ2n) is 10.0. The van der Waals surface area contributed by atoms with E-state index in [1.165, 1.54) is 6.20 Å². The lowest BCUT2D eigenvalue weighted by Crippen LogP contribution is -2.42. The van der Waals surface area contributed by atoms with Crippen molar-refractivity contribution < 1.29 is 27.8 Å². The number of benzene rings is 1. The summed E-state index contributed by atoms with van der Waals surface area (Å²) in [4.78, 5) is 21.2. The van der Waals surface area contributed by atoms with Crippen LogP contribution in [0.25, 0.3) is 11.3 Å². The van der Waals surface area contributed by atoms with Crippen LogP contribution < -0.4 is 11.1 Å². The van der Waals surface area contributed by atoms with E-state index in [0.29, 0.717) is 11.6 Å². The van der Waals surface area contributed by atoms with Gasteiger partial charge in [-0.15, -0.1) is 0 Å². The number of rotatable bonds is 5. The van der Waals surface area contributed by atoms with Gasteiger partial charge in [-0.25, -0.2) is 18.2 Å². The number of halogens is 3. The summed E-state index contributed by atoms with van der Waals surface area (Å²) < 4.78 is 49.2. The third kappa shape index (κ3) is 4.91. The van der Waals surface area contributed by atoms with Crippen LogP contribution in [0.15, 0.2) is 42.7 Å². The van der Waals surface area contributed by atoms with Gasteiger partial charge in [0.1, 0.15) is 28.8 Å². The van der Waals surface area contributed by atoms with Crippen molar-refractivity contribution >= 4 is 11.6 Å². The number of hydrogen-bond donors (Lipinski definition) is 3. The number of aromatic nitrogens is 2. The Labute approximate surface area is 211 Å². The molecule has 3 heterocycles. The number of nitrogens with zero attached hydrogens (tertiary/aromatic N) is 2. The highest BCUT2D eigenvalue weighted by Gasteiger charge is 2.42. The van der Waals surface area contributed by atoms with Crippen molar-refractivity contribution in [3.05, 3.63) is 71.2 Å². The number of hydrogen-bond acceptors (Lipinski definition) is 6. The fourth-order valence-corrected chi connectivity index (χ4v) is 5.24. The van der Waals surface area contributed by atoms with E-state index in [0.717, 1.165) is 49.1 Å². The summed E-state index contributed by atoms with van der Waals surface area (Å²) in [5, 5.41) is 13.2. The first-order chi connectivity index (χ1) is 17.6. The molecule has 10 heteroatoms. The van der Waals surface area contributed by atoms with Crippen molar-refractivity contribution in [1.29, 1.82) is 0 Å². The van der Waals surface area contributed by atoms with Crippen LogP contribution in [-0.2, 0) is 10.4 Å². The number of amides is 1. The number of nitrogens with two attached hydrogens (primary N) is 1. The van der Waals surface area contributed by atoms with Gasteiger partial charge in [-0.05, 0) is 67.0 Å². The largest absolute Gasteiger partial charge is 0.507 e. The number of aromatic hydroxyl groups is 1. The van der Waals surface area contributed by atoms with E-state index in [-0.39, 0.29) is 36.4 Å². The van der Waals surface area contributed by atoms with E-state index in [1.54, 1.807) is 6.20 Å². The lowest BCUT2D eigenvalue weighted by molar-refractivity contribution is -0.135. The molecule has 2 fully saturated rings. The predicted octanol–water partition coefficient (Wildman–Crippen LogP) is 4.81. The van der Waals surface area contributed by atoms with E-state index in [2.05, 4.69) is 22.2 Å². The zero-order chi connectivity index (χ0) is 26.3. The molecule has 1 aliphatic carbocycles. The van der Waals surface area contributed by atoms with Crippen molar-refractivity contribution in [3.8, 4) is 17.0 Å². The van der Waals surface area contributed by atoms with Gasteiger partial charge in [0.2, 0.25) is 0 Å². The lowest BCUT2D eigenvalue weighted by atomic mass is 9.76. The van der Waals surface area contributed by atoms with Crippen LogP contribution in [0.4, 0.5) is 18.9 Å².